The number of halogens is 3. The van der Waals surface area contributed by atoms with Gasteiger partial charge in [0.15, 0.2) is 0 Å². The van der Waals surface area contributed by atoms with Crippen molar-refractivity contribution in [3.63, 3.8) is 0 Å². The average molecular weight is 381 g/mol. The lowest BCUT2D eigenvalue weighted by Gasteiger charge is -2.30. The number of aryl methyl sites for hydroxylation is 1. The highest BCUT2D eigenvalue weighted by atomic mass is 79.9. The van der Waals surface area contributed by atoms with Gasteiger partial charge in [0, 0.05) is 16.2 Å². The molecule has 2 nitrogen and oxygen atoms in total. The normalized spacial score (nSPS) is 11.4. The van der Waals surface area contributed by atoms with Gasteiger partial charge in [0.1, 0.15) is 5.82 Å². The summed E-state index contributed by atoms with van der Waals surface area (Å²) < 4.78 is 13.3. The molecule has 0 heterocycles. The largest absolute Gasteiger partial charge is 0.345 e. The van der Waals surface area contributed by atoms with Crippen LogP contribution >= 0.6 is 31.9 Å². The van der Waals surface area contributed by atoms with Gasteiger partial charge in [-0.2, -0.15) is 0 Å². The number of hydrogen-bond acceptors (Lipinski definition) is 1. The van der Waals surface area contributed by atoms with Crippen LogP contribution in [0.25, 0.3) is 0 Å². The molecule has 0 radical (unpaired) electrons. The second kappa shape index (κ2) is 6.66. The summed E-state index contributed by atoms with van der Waals surface area (Å²) in [5, 5.41) is 4.23. The van der Waals surface area contributed by atoms with Gasteiger partial charge in [-0.3, -0.25) is 4.79 Å². The molecule has 100 valence electrons. The molecule has 1 N–H and O–H groups in total. The third-order valence-electron chi connectivity index (χ3n) is 2.87. The third-order valence-corrected chi connectivity index (χ3v) is 5.02. The average Bonchev–Trinajstić information content (AvgIpc) is 2.35. The maximum atomic E-state index is 13.3. The van der Waals surface area contributed by atoms with E-state index in [4.69, 9.17) is 0 Å². The van der Waals surface area contributed by atoms with Gasteiger partial charge in [0.25, 0.3) is 5.91 Å². The summed E-state index contributed by atoms with van der Waals surface area (Å²) in [7, 11) is 0. The molecule has 0 bridgehead atoms. The first-order chi connectivity index (χ1) is 8.46. The minimum Gasteiger partial charge on any atom is -0.345 e. The second-order valence-electron chi connectivity index (χ2n) is 4.37. The first-order valence-corrected chi connectivity index (χ1v) is 7.92. The molecule has 0 fully saturated rings. The molecule has 0 unspecified atom stereocenters. The Bertz CT molecular complexity index is 404. The lowest BCUT2D eigenvalue weighted by molar-refractivity contribution is 0.0915. The van der Waals surface area contributed by atoms with Crippen molar-refractivity contribution in [2.45, 2.75) is 25.8 Å². The minimum absolute atomic E-state index is 0.252. The van der Waals surface area contributed by atoms with Crippen molar-refractivity contribution < 1.29 is 9.18 Å². The van der Waals surface area contributed by atoms with Crippen LogP contribution in [0.3, 0.4) is 0 Å². The lowest BCUT2D eigenvalue weighted by atomic mass is 10.0. The Morgan fingerprint density at radius 3 is 2.39 bits per heavy atom. The maximum absolute atomic E-state index is 13.3. The molecule has 0 atom stereocenters. The Labute approximate surface area is 124 Å². The predicted molar refractivity (Wildman–Crippen MR) is 79.2 cm³/mol. The highest BCUT2D eigenvalue weighted by Gasteiger charge is 2.28. The summed E-state index contributed by atoms with van der Waals surface area (Å²) >= 11 is 6.81. The number of carbonyl (C=O) groups excluding carboxylic acids is 1. The smallest absolute Gasteiger partial charge is 0.251 e. The number of benzene rings is 1. The summed E-state index contributed by atoms with van der Waals surface area (Å²) in [6.45, 7) is 3.77. The van der Waals surface area contributed by atoms with E-state index in [1.165, 1.54) is 12.1 Å². The zero-order valence-electron chi connectivity index (χ0n) is 10.4. The van der Waals surface area contributed by atoms with Gasteiger partial charge < -0.3 is 5.32 Å². The van der Waals surface area contributed by atoms with E-state index in [-0.39, 0.29) is 17.3 Å². The fourth-order valence-corrected chi connectivity index (χ4v) is 3.56. The van der Waals surface area contributed by atoms with Gasteiger partial charge in [-0.05, 0) is 37.1 Å². The summed E-state index contributed by atoms with van der Waals surface area (Å²) in [5.41, 5.74) is 0.740. The fraction of sp³-hybridized carbons (Fsp3) is 0.462. The van der Waals surface area contributed by atoms with Crippen LogP contribution in [0.5, 0.6) is 0 Å². The number of nitrogens with one attached hydrogen (secondary N) is 1. The van der Waals surface area contributed by atoms with E-state index < -0.39 is 0 Å². The van der Waals surface area contributed by atoms with Crippen molar-refractivity contribution in [1.82, 2.24) is 5.32 Å². The molecule has 0 spiro atoms. The Hall–Kier alpha value is -0.420. The molecule has 0 aliphatic heterocycles. The van der Waals surface area contributed by atoms with E-state index in [1.807, 2.05) is 6.92 Å². The van der Waals surface area contributed by atoms with Crippen molar-refractivity contribution in [2.75, 3.05) is 10.7 Å². The molecule has 1 amide bonds. The Morgan fingerprint density at radius 1 is 1.33 bits per heavy atom. The van der Waals surface area contributed by atoms with E-state index in [0.29, 0.717) is 16.2 Å². The number of amides is 1. The van der Waals surface area contributed by atoms with Crippen molar-refractivity contribution in [2.24, 2.45) is 0 Å². The lowest BCUT2D eigenvalue weighted by Crippen LogP contribution is -2.51. The molecule has 5 heteroatoms. The van der Waals surface area contributed by atoms with Gasteiger partial charge in [-0.25, -0.2) is 4.39 Å². The van der Waals surface area contributed by atoms with Gasteiger partial charge in [-0.1, -0.05) is 38.8 Å². The molecule has 1 rings (SSSR count). The molecule has 0 aliphatic rings. The number of carbonyl (C=O) groups is 1. The zero-order valence-corrected chi connectivity index (χ0v) is 13.6. The molecule has 0 aliphatic carbocycles. The summed E-state index contributed by atoms with van der Waals surface area (Å²) in [4.78, 5) is 12.1. The summed E-state index contributed by atoms with van der Waals surface area (Å²) in [6.07, 6.45) is 0.781. The highest BCUT2D eigenvalue weighted by Crippen LogP contribution is 2.18. The molecular formula is C13H16Br2FNO. The van der Waals surface area contributed by atoms with Crippen LogP contribution in [0.4, 0.5) is 4.39 Å². The molecule has 0 saturated heterocycles. The number of rotatable bonds is 5. The standard InChI is InChI=1S/C13H16Br2FNO/c1-3-13(7-14,8-15)17-12(18)10-4-9(2)5-11(16)6-10/h4-6H,3,7-8H2,1-2H3,(H,17,18). The van der Waals surface area contributed by atoms with Crippen molar-refractivity contribution in [3.8, 4) is 0 Å². The summed E-state index contributed by atoms with van der Waals surface area (Å²) in [6, 6.07) is 4.34. The first-order valence-electron chi connectivity index (χ1n) is 5.68. The monoisotopic (exact) mass is 379 g/mol. The van der Waals surface area contributed by atoms with Crippen LogP contribution in [0, 0.1) is 12.7 Å². The first kappa shape index (κ1) is 15.6. The quantitative estimate of drug-likeness (QED) is 0.773. The van der Waals surface area contributed by atoms with Crippen LogP contribution in [-0.4, -0.2) is 22.1 Å². The molecule has 0 saturated carbocycles. The minimum atomic E-state index is -0.389. The molecular weight excluding hydrogens is 365 g/mol. The molecule has 1 aromatic carbocycles. The van der Waals surface area contributed by atoms with Crippen LogP contribution in [-0.2, 0) is 0 Å². The van der Waals surface area contributed by atoms with Gasteiger partial charge >= 0.3 is 0 Å². The van der Waals surface area contributed by atoms with Gasteiger partial charge in [-0.15, -0.1) is 0 Å². The Kier molecular flexibility index (Phi) is 5.79. The number of alkyl halides is 2. The third kappa shape index (κ3) is 3.79. The molecule has 1 aromatic rings. The Morgan fingerprint density at radius 2 is 1.94 bits per heavy atom. The molecule has 0 aromatic heterocycles. The Balaban J connectivity index is 2.94. The van der Waals surface area contributed by atoms with Crippen molar-refractivity contribution >= 4 is 37.8 Å². The van der Waals surface area contributed by atoms with Crippen molar-refractivity contribution in [1.29, 1.82) is 0 Å². The van der Waals surface area contributed by atoms with Crippen LogP contribution in [0.15, 0.2) is 18.2 Å². The van der Waals surface area contributed by atoms with Crippen LogP contribution in [0.2, 0.25) is 0 Å². The van der Waals surface area contributed by atoms with E-state index >= 15 is 0 Å². The van der Waals surface area contributed by atoms with E-state index in [0.717, 1.165) is 12.0 Å². The van der Waals surface area contributed by atoms with Gasteiger partial charge in [0.2, 0.25) is 0 Å². The topological polar surface area (TPSA) is 29.1 Å². The number of hydrogen-bond donors (Lipinski definition) is 1. The van der Waals surface area contributed by atoms with Gasteiger partial charge in [0.05, 0.1) is 5.54 Å². The van der Waals surface area contributed by atoms with E-state index in [1.54, 1.807) is 13.0 Å². The highest BCUT2D eigenvalue weighted by molar-refractivity contribution is 9.09. The van der Waals surface area contributed by atoms with E-state index in [9.17, 15) is 9.18 Å². The SMILES string of the molecule is CCC(CBr)(CBr)NC(=O)c1cc(C)cc(F)c1. The zero-order chi connectivity index (χ0) is 13.8. The van der Waals surface area contributed by atoms with Crippen LogP contribution < -0.4 is 5.32 Å². The maximum Gasteiger partial charge on any atom is 0.251 e. The predicted octanol–water partition coefficient (Wildman–Crippen LogP) is 3.80. The van der Waals surface area contributed by atoms with E-state index in [2.05, 4.69) is 37.2 Å². The van der Waals surface area contributed by atoms with Crippen LogP contribution in [0.1, 0.15) is 29.3 Å². The summed E-state index contributed by atoms with van der Waals surface area (Å²) in [5.74, 6) is -0.640. The van der Waals surface area contributed by atoms with Crippen molar-refractivity contribution in [3.05, 3.63) is 35.1 Å². The second-order valence-corrected chi connectivity index (χ2v) is 5.49. The fourth-order valence-electron chi connectivity index (χ4n) is 1.56. The molecule has 18 heavy (non-hydrogen) atoms.